The smallest absolute Gasteiger partial charge is 0.294 e. The average Bonchev–Trinajstić information content (AvgIpc) is 3.65. The van der Waals surface area contributed by atoms with Gasteiger partial charge in [0.15, 0.2) is 5.75 Å². The zero-order chi connectivity index (χ0) is 41.4. The molecular weight excluding hydrogens is 799 g/mol. The van der Waals surface area contributed by atoms with Gasteiger partial charge >= 0.3 is 0 Å². The van der Waals surface area contributed by atoms with Crippen LogP contribution < -0.4 is 11.1 Å². The van der Waals surface area contributed by atoms with Gasteiger partial charge in [-0.2, -0.15) is 23.8 Å². The number of nitrogens with zero attached hydrogens (tertiary/aromatic N) is 7. The minimum atomic E-state index is -4.38. The van der Waals surface area contributed by atoms with Crippen molar-refractivity contribution in [3.05, 3.63) is 120 Å². The predicted molar refractivity (Wildman–Crippen MR) is 223 cm³/mol. The second-order valence-corrected chi connectivity index (χ2v) is 15.4. The molecule has 0 amide bonds. The molecule has 0 saturated carbocycles. The fourth-order valence-electron chi connectivity index (χ4n) is 6.29. The Morgan fingerprint density at radius 3 is 2.17 bits per heavy atom. The van der Waals surface area contributed by atoms with Gasteiger partial charge in [0, 0.05) is 33.9 Å². The number of hydrogen-bond acceptors (Lipinski definition) is 16. The van der Waals surface area contributed by atoms with Crippen LogP contribution in [-0.2, 0) is 19.5 Å². The fourth-order valence-corrected chi connectivity index (χ4v) is 7.30. The second-order valence-electron chi connectivity index (χ2n) is 13.3. The van der Waals surface area contributed by atoms with E-state index in [2.05, 4.69) is 41.0 Å². The molecule has 1 aromatic heterocycles. The minimum Gasteiger partial charge on any atom is -0.506 e. The summed E-state index contributed by atoms with van der Waals surface area (Å²) in [5.41, 5.74) is 12.2. The lowest BCUT2D eigenvalue weighted by Gasteiger charge is -2.12. The third-order valence-electron chi connectivity index (χ3n) is 9.26. The Balaban J connectivity index is 1.02. The second kappa shape index (κ2) is 15.7. The predicted octanol–water partition coefficient (Wildman–Crippen LogP) is 10.6. The van der Waals surface area contributed by atoms with Crippen molar-refractivity contribution in [3.63, 3.8) is 0 Å². The molecule has 17 nitrogen and oxygen atoms in total. The molecule has 0 radical (unpaired) electrons. The molecule has 0 aliphatic rings. The van der Waals surface area contributed by atoms with Crippen molar-refractivity contribution in [3.8, 4) is 17.2 Å². The van der Waals surface area contributed by atoms with Gasteiger partial charge in [-0.1, -0.05) is 17.2 Å². The van der Waals surface area contributed by atoms with E-state index in [-0.39, 0.29) is 27.8 Å². The summed E-state index contributed by atoms with van der Waals surface area (Å²) < 4.78 is 37.4. The summed E-state index contributed by atoms with van der Waals surface area (Å²) in [6.45, 7) is 3.64. The number of aromatic hydroxyl groups is 2. The van der Waals surface area contributed by atoms with Crippen molar-refractivity contribution in [2.45, 2.75) is 23.6 Å². The van der Waals surface area contributed by atoms with Crippen LogP contribution in [0.5, 0.6) is 11.5 Å². The Hall–Kier alpha value is -7.00. The van der Waals surface area contributed by atoms with E-state index in [1.165, 1.54) is 29.1 Å². The van der Waals surface area contributed by atoms with Gasteiger partial charge in [0.2, 0.25) is 0 Å². The first-order valence-corrected chi connectivity index (χ1v) is 19.7. The van der Waals surface area contributed by atoms with Crippen LogP contribution in [0.1, 0.15) is 11.1 Å². The van der Waals surface area contributed by atoms with Crippen LogP contribution in [0, 0.1) is 13.8 Å². The van der Waals surface area contributed by atoms with E-state index in [0.29, 0.717) is 83.4 Å². The van der Waals surface area contributed by atoms with Crippen molar-refractivity contribution in [2.24, 2.45) is 20.5 Å². The van der Waals surface area contributed by atoms with E-state index in [1.807, 2.05) is 38.1 Å². The van der Waals surface area contributed by atoms with Crippen LogP contribution in [0.4, 0.5) is 39.8 Å². The van der Waals surface area contributed by atoms with Gasteiger partial charge in [-0.15, -0.1) is 24.4 Å². The summed E-state index contributed by atoms with van der Waals surface area (Å²) in [6.07, 6.45) is 0. The van der Waals surface area contributed by atoms with Crippen molar-refractivity contribution in [1.29, 1.82) is 0 Å². The molecule has 1 heterocycles. The fraction of sp³-hybridized carbons (Fsp3) is 0.0500. The number of rotatable bonds is 11. The number of aryl methyl sites for hydroxylation is 2. The summed E-state index contributed by atoms with van der Waals surface area (Å²) in [6, 6.07) is 30.1. The minimum absolute atomic E-state index is 0.0869. The molecule has 0 unspecified atom stereocenters. The van der Waals surface area contributed by atoms with Crippen LogP contribution in [0.15, 0.2) is 139 Å². The molecule has 7 aromatic carbocycles. The highest BCUT2D eigenvalue weighted by Gasteiger charge is 2.18. The monoisotopic (exact) mass is 829 g/mol. The quantitative estimate of drug-likeness (QED) is 0.0177. The SMILES string of the molecule is Cc1cc(N=Nc2c(SOOO)cc3cc(Nc4ccc(N)cc4)ccc3c2O)c(C)cc1N=Nc1ccc(-n2nc3ccc4cc(S(=O)(=O)O)ccc4c3n2)c(O)c1. The van der Waals surface area contributed by atoms with Crippen molar-refractivity contribution in [1.82, 2.24) is 15.0 Å². The highest BCUT2D eigenvalue weighted by Crippen LogP contribution is 2.45. The number of anilines is 3. The summed E-state index contributed by atoms with van der Waals surface area (Å²) >= 11 is 0.642. The molecule has 0 atom stereocenters. The number of nitrogen functional groups attached to an aromatic ring is 1. The molecular formula is C40H31N9O8S2. The zero-order valence-corrected chi connectivity index (χ0v) is 32.5. The van der Waals surface area contributed by atoms with Crippen LogP contribution in [0.25, 0.3) is 38.3 Å². The zero-order valence-electron chi connectivity index (χ0n) is 30.8. The van der Waals surface area contributed by atoms with Gasteiger partial charge in [-0.05, 0) is 127 Å². The number of nitrogens with one attached hydrogen (secondary N) is 1. The van der Waals surface area contributed by atoms with E-state index < -0.39 is 10.1 Å². The summed E-state index contributed by atoms with van der Waals surface area (Å²) in [5, 5.41) is 67.1. The summed E-state index contributed by atoms with van der Waals surface area (Å²) in [4.78, 5) is 1.34. The Kier molecular flexibility index (Phi) is 10.4. The number of fused-ring (bicyclic) bond motifs is 4. The lowest BCUT2D eigenvalue weighted by Crippen LogP contribution is -1.98. The molecule has 0 fully saturated rings. The topological polar surface area (TPSA) is 252 Å². The van der Waals surface area contributed by atoms with Gasteiger partial charge in [-0.25, -0.2) is 5.26 Å². The van der Waals surface area contributed by atoms with E-state index in [0.717, 1.165) is 11.4 Å². The summed E-state index contributed by atoms with van der Waals surface area (Å²) in [7, 11) is -4.38. The lowest BCUT2D eigenvalue weighted by atomic mass is 10.1. The molecule has 0 aliphatic carbocycles. The lowest BCUT2D eigenvalue weighted by molar-refractivity contribution is -0.432. The number of nitrogens with two attached hydrogens (primary N) is 1. The van der Waals surface area contributed by atoms with Gasteiger partial charge < -0.3 is 21.3 Å². The maximum atomic E-state index is 11.6. The Bertz CT molecular complexity index is 3120. The average molecular weight is 830 g/mol. The van der Waals surface area contributed by atoms with Crippen molar-refractivity contribution < 1.29 is 37.8 Å². The first-order chi connectivity index (χ1) is 28.3. The molecule has 296 valence electrons. The van der Waals surface area contributed by atoms with Crippen molar-refractivity contribution >= 4 is 94.6 Å². The Morgan fingerprint density at radius 2 is 1.46 bits per heavy atom. The highest BCUT2D eigenvalue weighted by atomic mass is 32.2. The molecule has 19 heteroatoms. The number of phenols is 2. The van der Waals surface area contributed by atoms with E-state index in [4.69, 9.17) is 15.3 Å². The van der Waals surface area contributed by atoms with Gasteiger partial charge in [0.1, 0.15) is 28.2 Å². The molecule has 59 heavy (non-hydrogen) atoms. The van der Waals surface area contributed by atoms with E-state index >= 15 is 0 Å². The highest BCUT2D eigenvalue weighted by molar-refractivity contribution is 7.94. The first kappa shape index (κ1) is 38.9. The van der Waals surface area contributed by atoms with Crippen molar-refractivity contribution in [2.75, 3.05) is 11.1 Å². The number of azo groups is 2. The summed E-state index contributed by atoms with van der Waals surface area (Å²) in [5.74, 6) is -0.325. The Labute approximate surface area is 338 Å². The third kappa shape index (κ3) is 8.09. The maximum absolute atomic E-state index is 11.6. The van der Waals surface area contributed by atoms with E-state index in [1.54, 1.807) is 60.7 Å². The molecule has 7 N–H and O–H groups in total. The van der Waals surface area contributed by atoms with Crippen LogP contribution >= 0.6 is 12.0 Å². The normalized spacial score (nSPS) is 12.1. The molecule has 0 bridgehead atoms. The number of hydrogen-bond donors (Lipinski definition) is 6. The number of benzene rings is 7. The van der Waals surface area contributed by atoms with Crippen LogP contribution in [-0.4, -0.2) is 43.4 Å². The van der Waals surface area contributed by atoms with Gasteiger partial charge in [-0.3, -0.25) is 4.55 Å². The maximum Gasteiger partial charge on any atom is 0.294 e. The largest absolute Gasteiger partial charge is 0.506 e. The van der Waals surface area contributed by atoms with Crippen LogP contribution in [0.3, 0.4) is 0 Å². The van der Waals surface area contributed by atoms with Gasteiger partial charge in [0.05, 0.1) is 38.9 Å². The van der Waals surface area contributed by atoms with Crippen LogP contribution in [0.2, 0.25) is 0 Å². The molecule has 8 aromatic rings. The van der Waals surface area contributed by atoms with Gasteiger partial charge in [0.25, 0.3) is 10.1 Å². The first-order valence-electron chi connectivity index (χ1n) is 17.5. The van der Waals surface area contributed by atoms with E-state index in [9.17, 15) is 23.2 Å². The molecule has 0 aliphatic heterocycles. The standard InChI is InChI=1S/C40H31N9O8S2/c1-21-16-34(45-46-39-37(58-57-56-52)19-24-17-27(8-11-31(24)40(39)51)42-26-6-4-25(41)5-7-26)22(2)15-33(21)44-43-28-9-14-35(36(50)20-28)49-47-32-13-3-23-18-29(59(53,54)55)10-12-30(23)38(32)48-49/h3-20,42,50-52H,41H2,1-2H3,(H,53,54,55). The molecule has 0 spiro atoms. The Morgan fingerprint density at radius 1 is 0.746 bits per heavy atom. The molecule has 0 saturated heterocycles. The number of phenolic OH excluding ortho intramolecular Hbond substituents is 2. The number of aromatic nitrogens is 3. The molecule has 8 rings (SSSR count). The third-order valence-corrected chi connectivity index (χ3v) is 10.7.